The number of benzene rings is 2. The highest BCUT2D eigenvalue weighted by atomic mass is 16.6. The van der Waals surface area contributed by atoms with Gasteiger partial charge >= 0.3 is 29.8 Å². The molecule has 56 heavy (non-hydrogen) atoms. The van der Waals surface area contributed by atoms with Crippen molar-refractivity contribution in [2.24, 2.45) is 16.7 Å². The smallest absolute Gasteiger partial charge is 0.338 e. The van der Waals surface area contributed by atoms with E-state index in [0.29, 0.717) is 16.7 Å². The van der Waals surface area contributed by atoms with Gasteiger partial charge in [-0.3, -0.25) is 19.2 Å². The van der Waals surface area contributed by atoms with E-state index < -0.39 is 82.7 Å². The Balaban J connectivity index is 1.70. The summed E-state index contributed by atoms with van der Waals surface area (Å²) < 4.78 is 30.9. The molecule has 2 fully saturated rings. The van der Waals surface area contributed by atoms with Crippen LogP contribution in [0.15, 0.2) is 84.0 Å². The molecule has 0 bridgehead atoms. The predicted octanol–water partition coefficient (Wildman–Crippen LogP) is 6.08. The highest BCUT2D eigenvalue weighted by Crippen LogP contribution is 2.65. The van der Waals surface area contributed by atoms with Gasteiger partial charge in [0.05, 0.1) is 23.0 Å². The second-order valence-corrected chi connectivity index (χ2v) is 16.4. The van der Waals surface area contributed by atoms with Crippen molar-refractivity contribution >= 4 is 29.8 Å². The summed E-state index contributed by atoms with van der Waals surface area (Å²) in [5, 5.41) is 12.3. The van der Waals surface area contributed by atoms with Gasteiger partial charge in [0.1, 0.15) is 18.3 Å². The Labute approximate surface area is 329 Å². The molecule has 0 heterocycles. The monoisotopic (exact) mass is 773 g/mol. The number of hydrogen-bond acceptors (Lipinski definition) is 12. The lowest BCUT2D eigenvalue weighted by molar-refractivity contribution is -0.198. The maximum absolute atomic E-state index is 14.1. The first-order chi connectivity index (χ1) is 26.2. The topological polar surface area (TPSA) is 155 Å². The molecule has 12 heteroatoms. The zero-order valence-electron chi connectivity index (χ0n) is 33.8. The summed E-state index contributed by atoms with van der Waals surface area (Å²) in [6.45, 7) is 15.1. The Hall–Kier alpha value is -4.81. The van der Waals surface area contributed by atoms with E-state index in [2.05, 4.69) is 6.58 Å². The third-order valence-electron chi connectivity index (χ3n) is 12.2. The van der Waals surface area contributed by atoms with Crippen molar-refractivity contribution < 1.29 is 52.8 Å². The first kappa shape index (κ1) is 42.3. The first-order valence-corrected chi connectivity index (χ1v) is 19.0. The Bertz CT molecular complexity index is 1870. The normalized spacial score (nSPS) is 29.3. The molecule has 0 spiro atoms. The fraction of sp³-hybridized carbons (Fsp3) is 0.523. The molecule has 0 unspecified atom stereocenters. The van der Waals surface area contributed by atoms with E-state index in [-0.39, 0.29) is 37.3 Å². The van der Waals surface area contributed by atoms with Gasteiger partial charge in [0.15, 0.2) is 12.2 Å². The zero-order chi connectivity index (χ0) is 41.3. The molecule has 0 saturated heterocycles. The number of aliphatic hydroxyl groups is 1. The largest absolute Gasteiger partial charge is 0.462 e. The molecule has 0 amide bonds. The standard InChI is InChI=1S/C44H55NO11/c1-25-32-23-44(42(6,7)51)24-35(52-27(3)46)26(2)38(44)39(56-41(50)31-19-15-12-16-20-31)40(54-29(5)48)43(32,8)36(53-28(4)47)22-34(25)55-37(49)21-33(45(9)10)30-17-13-11-14-18-30/h11-20,32-36,39-40,51H,1,21-24H2,2-10H3/t32-,33+,34-,35+,36-,39+,40-,43+,44+/m1/s1. The van der Waals surface area contributed by atoms with Crippen molar-refractivity contribution in [3.63, 3.8) is 0 Å². The molecule has 5 rings (SSSR count). The van der Waals surface area contributed by atoms with Gasteiger partial charge in [-0.05, 0) is 81.6 Å². The molecule has 3 aliphatic rings. The van der Waals surface area contributed by atoms with Crippen molar-refractivity contribution in [2.45, 2.75) is 116 Å². The number of nitrogens with zero attached hydrogens (tertiary/aromatic N) is 1. The molecule has 12 nitrogen and oxygen atoms in total. The van der Waals surface area contributed by atoms with Gasteiger partial charge in [0.2, 0.25) is 0 Å². The van der Waals surface area contributed by atoms with Crippen molar-refractivity contribution in [1.29, 1.82) is 0 Å². The fourth-order valence-electron chi connectivity index (χ4n) is 9.37. The highest BCUT2D eigenvalue weighted by Gasteiger charge is 2.69. The molecular weight excluding hydrogens is 718 g/mol. The van der Waals surface area contributed by atoms with Gasteiger partial charge in [-0.1, -0.05) is 62.0 Å². The van der Waals surface area contributed by atoms with E-state index in [1.165, 1.54) is 20.8 Å². The number of ether oxygens (including phenoxy) is 5. The minimum atomic E-state index is -1.57. The molecule has 0 aliphatic heterocycles. The molecule has 0 radical (unpaired) electrons. The molecule has 302 valence electrons. The average Bonchev–Trinajstić information content (AvgIpc) is 3.35. The Morgan fingerprint density at radius 3 is 1.95 bits per heavy atom. The van der Waals surface area contributed by atoms with E-state index in [1.54, 1.807) is 58.0 Å². The van der Waals surface area contributed by atoms with Crippen LogP contribution in [-0.4, -0.2) is 90.1 Å². The zero-order valence-corrected chi connectivity index (χ0v) is 33.8. The predicted molar refractivity (Wildman–Crippen MR) is 206 cm³/mol. The van der Waals surface area contributed by atoms with Gasteiger partial charge in [-0.15, -0.1) is 0 Å². The summed E-state index contributed by atoms with van der Waals surface area (Å²) >= 11 is 0. The Morgan fingerprint density at radius 2 is 1.41 bits per heavy atom. The van der Waals surface area contributed by atoms with Gasteiger partial charge in [-0.2, -0.15) is 0 Å². The summed E-state index contributed by atoms with van der Waals surface area (Å²) in [5.74, 6) is -3.89. The lowest BCUT2D eigenvalue weighted by Crippen LogP contribution is -2.60. The van der Waals surface area contributed by atoms with Crippen molar-refractivity contribution in [2.75, 3.05) is 14.1 Å². The van der Waals surface area contributed by atoms with Crippen molar-refractivity contribution in [1.82, 2.24) is 4.90 Å². The quantitative estimate of drug-likeness (QED) is 0.160. The number of rotatable bonds is 11. The molecular formula is C44H55NO11. The van der Waals surface area contributed by atoms with E-state index in [0.717, 1.165) is 5.56 Å². The van der Waals surface area contributed by atoms with Crippen LogP contribution in [0.3, 0.4) is 0 Å². The molecule has 2 saturated carbocycles. The summed E-state index contributed by atoms with van der Waals surface area (Å²) in [5.41, 5.74) is -1.66. The van der Waals surface area contributed by atoms with Gasteiger partial charge in [0.25, 0.3) is 0 Å². The van der Waals surface area contributed by atoms with Gasteiger partial charge in [0, 0.05) is 45.1 Å². The molecule has 2 aromatic rings. The number of carbonyl (C=O) groups excluding carboxylic acids is 5. The minimum absolute atomic E-state index is 0.0122. The second-order valence-electron chi connectivity index (χ2n) is 16.4. The molecule has 0 aromatic heterocycles. The second kappa shape index (κ2) is 16.3. The first-order valence-electron chi connectivity index (χ1n) is 19.0. The van der Waals surface area contributed by atoms with Crippen LogP contribution >= 0.6 is 0 Å². The highest BCUT2D eigenvalue weighted by molar-refractivity contribution is 5.89. The van der Waals surface area contributed by atoms with Crippen LogP contribution in [0.4, 0.5) is 0 Å². The van der Waals surface area contributed by atoms with E-state index in [1.807, 2.05) is 49.3 Å². The fourth-order valence-corrected chi connectivity index (χ4v) is 9.37. The van der Waals surface area contributed by atoms with Crippen LogP contribution in [0.1, 0.15) is 96.1 Å². The van der Waals surface area contributed by atoms with Crippen molar-refractivity contribution in [3.05, 3.63) is 95.1 Å². The number of fused-ring (bicyclic) bond motifs is 2. The lowest BCUT2D eigenvalue weighted by atomic mass is 9.56. The number of hydrogen-bond donors (Lipinski definition) is 1. The summed E-state index contributed by atoms with van der Waals surface area (Å²) in [6.07, 6.45) is -5.36. The minimum Gasteiger partial charge on any atom is -0.462 e. The number of esters is 5. The van der Waals surface area contributed by atoms with Crippen LogP contribution in [0.2, 0.25) is 0 Å². The van der Waals surface area contributed by atoms with E-state index in [9.17, 15) is 29.1 Å². The molecule has 9 atom stereocenters. The van der Waals surface area contributed by atoms with Crippen LogP contribution in [0.5, 0.6) is 0 Å². The third kappa shape index (κ3) is 8.18. The summed E-state index contributed by atoms with van der Waals surface area (Å²) in [6, 6.07) is 17.6. The van der Waals surface area contributed by atoms with Gasteiger partial charge in [-0.25, -0.2) is 4.79 Å². The van der Waals surface area contributed by atoms with E-state index >= 15 is 0 Å². The Kier molecular flexibility index (Phi) is 12.4. The third-order valence-corrected chi connectivity index (χ3v) is 12.2. The Morgan fingerprint density at radius 1 is 0.839 bits per heavy atom. The lowest BCUT2D eigenvalue weighted by Gasteiger charge is -2.53. The maximum atomic E-state index is 14.1. The summed E-state index contributed by atoms with van der Waals surface area (Å²) in [4.78, 5) is 68.5. The van der Waals surface area contributed by atoms with E-state index in [4.69, 9.17) is 23.7 Å². The average molecular weight is 774 g/mol. The number of carbonyl (C=O) groups is 5. The summed E-state index contributed by atoms with van der Waals surface area (Å²) in [7, 11) is 3.75. The van der Waals surface area contributed by atoms with Crippen LogP contribution < -0.4 is 0 Å². The maximum Gasteiger partial charge on any atom is 0.338 e. The van der Waals surface area contributed by atoms with Crippen LogP contribution in [-0.2, 0) is 42.9 Å². The van der Waals surface area contributed by atoms with Crippen molar-refractivity contribution in [3.8, 4) is 0 Å². The molecule has 3 aliphatic carbocycles. The van der Waals surface area contributed by atoms with Crippen LogP contribution in [0, 0.1) is 16.7 Å². The molecule has 1 N–H and O–H groups in total. The SMILES string of the molecule is C=C1[C@H]2C[C@]3(C(C)(C)O)C[C@H](OC(C)=O)C(C)=C3[C@H](OC(=O)c3ccccc3)[C@@H](OC(C)=O)[C@]2(C)[C@H](OC(C)=O)C[C@H]1OC(=O)C[C@@H](c1ccccc1)N(C)C. The van der Waals surface area contributed by atoms with Gasteiger partial charge < -0.3 is 33.7 Å². The van der Waals surface area contributed by atoms with Crippen LogP contribution in [0.25, 0.3) is 0 Å². The molecule has 2 aromatic carbocycles.